The normalized spacial score (nSPS) is 9.76. The summed E-state index contributed by atoms with van der Waals surface area (Å²) in [5.41, 5.74) is 0.525. The zero-order valence-electron chi connectivity index (χ0n) is 10.0. The first-order valence-electron chi connectivity index (χ1n) is 5.45. The van der Waals surface area contributed by atoms with Crippen molar-refractivity contribution in [1.29, 1.82) is 0 Å². The third-order valence-electron chi connectivity index (χ3n) is 2.26. The molecule has 1 heterocycles. The van der Waals surface area contributed by atoms with E-state index in [0.717, 1.165) is 6.42 Å². The molecular formula is C12H16N2O3. The van der Waals surface area contributed by atoms with Crippen LogP contribution in [0.2, 0.25) is 0 Å². The Morgan fingerprint density at radius 2 is 2.00 bits per heavy atom. The minimum Gasteiger partial charge on any atom is -0.468 e. The second-order valence-corrected chi connectivity index (χ2v) is 3.54. The summed E-state index contributed by atoms with van der Waals surface area (Å²) >= 11 is 0. The summed E-state index contributed by atoms with van der Waals surface area (Å²) < 4.78 is 4.57. The van der Waals surface area contributed by atoms with Crippen LogP contribution < -0.4 is 0 Å². The van der Waals surface area contributed by atoms with E-state index in [1.807, 2.05) is 6.92 Å². The van der Waals surface area contributed by atoms with Crippen molar-refractivity contribution in [3.63, 3.8) is 0 Å². The van der Waals surface area contributed by atoms with Gasteiger partial charge in [0.05, 0.1) is 7.11 Å². The van der Waals surface area contributed by atoms with Crippen LogP contribution in [0.4, 0.5) is 0 Å². The van der Waals surface area contributed by atoms with Crippen LogP contribution in [-0.2, 0) is 9.53 Å². The fourth-order valence-electron chi connectivity index (χ4n) is 1.42. The van der Waals surface area contributed by atoms with Gasteiger partial charge in [-0.25, -0.2) is 0 Å². The Morgan fingerprint density at radius 3 is 2.53 bits per heavy atom. The quantitative estimate of drug-likeness (QED) is 0.718. The number of hydrogen-bond donors (Lipinski definition) is 0. The van der Waals surface area contributed by atoms with Crippen molar-refractivity contribution < 1.29 is 14.3 Å². The largest absolute Gasteiger partial charge is 0.468 e. The lowest BCUT2D eigenvalue weighted by Crippen LogP contribution is -2.36. The van der Waals surface area contributed by atoms with Gasteiger partial charge in [0.2, 0.25) is 0 Å². The van der Waals surface area contributed by atoms with Crippen molar-refractivity contribution in [2.45, 2.75) is 13.3 Å². The Bertz CT molecular complexity index is 379. The van der Waals surface area contributed by atoms with Crippen molar-refractivity contribution in [3.8, 4) is 0 Å². The van der Waals surface area contributed by atoms with E-state index in [-0.39, 0.29) is 12.5 Å². The maximum atomic E-state index is 12.1. The van der Waals surface area contributed by atoms with Gasteiger partial charge in [0, 0.05) is 24.5 Å². The summed E-state index contributed by atoms with van der Waals surface area (Å²) in [6.45, 7) is 2.45. The molecule has 0 aliphatic heterocycles. The van der Waals surface area contributed by atoms with Crippen molar-refractivity contribution in [2.75, 3.05) is 20.2 Å². The van der Waals surface area contributed by atoms with Crippen LogP contribution in [-0.4, -0.2) is 42.0 Å². The van der Waals surface area contributed by atoms with Crippen LogP contribution in [0.25, 0.3) is 0 Å². The summed E-state index contributed by atoms with van der Waals surface area (Å²) in [7, 11) is 1.31. The molecule has 0 bridgehead atoms. The Morgan fingerprint density at radius 1 is 1.35 bits per heavy atom. The molecule has 5 nitrogen and oxygen atoms in total. The fourth-order valence-corrected chi connectivity index (χ4v) is 1.42. The Hall–Kier alpha value is -1.91. The van der Waals surface area contributed by atoms with E-state index in [2.05, 4.69) is 9.72 Å². The molecule has 0 saturated heterocycles. The van der Waals surface area contributed by atoms with E-state index in [0.29, 0.717) is 12.1 Å². The predicted octanol–water partition coefficient (Wildman–Crippen LogP) is 1.11. The molecule has 0 N–H and O–H groups in total. The maximum Gasteiger partial charge on any atom is 0.325 e. The minimum atomic E-state index is -0.416. The van der Waals surface area contributed by atoms with Crippen molar-refractivity contribution in [3.05, 3.63) is 30.1 Å². The summed E-state index contributed by atoms with van der Waals surface area (Å²) in [6, 6.07) is 3.25. The van der Waals surface area contributed by atoms with Crippen LogP contribution in [0.15, 0.2) is 24.5 Å². The number of methoxy groups -OCH3 is 1. The average molecular weight is 236 g/mol. The first kappa shape index (κ1) is 13.2. The van der Waals surface area contributed by atoms with Gasteiger partial charge in [0.15, 0.2) is 0 Å². The zero-order chi connectivity index (χ0) is 12.7. The molecule has 0 radical (unpaired) electrons. The number of carbonyl (C=O) groups excluding carboxylic acids is 2. The standard InChI is InChI=1S/C12H16N2O3/c1-3-8-14(9-11(15)17-2)12(16)10-4-6-13-7-5-10/h4-7H,3,8-9H2,1-2H3. The Kier molecular flexibility index (Phi) is 5.13. The van der Waals surface area contributed by atoms with E-state index < -0.39 is 5.97 Å². The van der Waals surface area contributed by atoms with E-state index in [1.165, 1.54) is 12.0 Å². The lowest BCUT2D eigenvalue weighted by Gasteiger charge is -2.20. The Labute approximate surface area is 100 Å². The van der Waals surface area contributed by atoms with Gasteiger partial charge in [0.25, 0.3) is 5.91 Å². The van der Waals surface area contributed by atoms with Gasteiger partial charge in [-0.3, -0.25) is 14.6 Å². The number of esters is 1. The highest BCUT2D eigenvalue weighted by Crippen LogP contribution is 2.04. The lowest BCUT2D eigenvalue weighted by atomic mass is 10.2. The van der Waals surface area contributed by atoms with Gasteiger partial charge < -0.3 is 9.64 Å². The highest BCUT2D eigenvalue weighted by Gasteiger charge is 2.17. The number of pyridine rings is 1. The lowest BCUT2D eigenvalue weighted by molar-refractivity contribution is -0.141. The number of amides is 1. The summed E-state index contributed by atoms with van der Waals surface area (Å²) in [4.78, 5) is 28.6. The monoisotopic (exact) mass is 236 g/mol. The molecule has 1 amide bonds. The van der Waals surface area contributed by atoms with E-state index in [1.54, 1.807) is 24.5 Å². The summed E-state index contributed by atoms with van der Waals surface area (Å²) in [5, 5.41) is 0. The van der Waals surface area contributed by atoms with Crippen LogP contribution in [0.5, 0.6) is 0 Å². The highest BCUT2D eigenvalue weighted by atomic mass is 16.5. The number of hydrogen-bond acceptors (Lipinski definition) is 4. The fraction of sp³-hybridized carbons (Fsp3) is 0.417. The molecule has 0 fully saturated rings. The SMILES string of the molecule is CCCN(CC(=O)OC)C(=O)c1ccncc1. The number of nitrogens with zero attached hydrogens (tertiary/aromatic N) is 2. The van der Waals surface area contributed by atoms with E-state index in [4.69, 9.17) is 0 Å². The number of carbonyl (C=O) groups is 2. The van der Waals surface area contributed by atoms with Crippen LogP contribution in [0.3, 0.4) is 0 Å². The molecule has 1 rings (SSSR count). The molecule has 0 saturated carbocycles. The van der Waals surface area contributed by atoms with Gasteiger partial charge in [-0.05, 0) is 18.6 Å². The second-order valence-electron chi connectivity index (χ2n) is 3.54. The van der Waals surface area contributed by atoms with Crippen molar-refractivity contribution in [1.82, 2.24) is 9.88 Å². The Balaban J connectivity index is 2.77. The first-order chi connectivity index (χ1) is 8.19. The highest BCUT2D eigenvalue weighted by molar-refractivity contribution is 5.95. The molecule has 0 aliphatic carbocycles. The van der Waals surface area contributed by atoms with Crippen LogP contribution >= 0.6 is 0 Å². The first-order valence-corrected chi connectivity index (χ1v) is 5.45. The minimum absolute atomic E-state index is 0.0223. The molecule has 1 aromatic heterocycles. The van der Waals surface area contributed by atoms with E-state index >= 15 is 0 Å². The molecule has 0 aliphatic rings. The van der Waals surface area contributed by atoms with Crippen molar-refractivity contribution in [2.24, 2.45) is 0 Å². The van der Waals surface area contributed by atoms with Gasteiger partial charge in [0.1, 0.15) is 6.54 Å². The van der Waals surface area contributed by atoms with Crippen molar-refractivity contribution >= 4 is 11.9 Å². The number of rotatable bonds is 5. The number of ether oxygens (including phenoxy) is 1. The molecule has 0 spiro atoms. The van der Waals surface area contributed by atoms with Gasteiger partial charge in [-0.2, -0.15) is 0 Å². The van der Waals surface area contributed by atoms with Gasteiger partial charge in [-0.1, -0.05) is 6.92 Å². The second kappa shape index (κ2) is 6.62. The molecular weight excluding hydrogens is 220 g/mol. The van der Waals surface area contributed by atoms with Gasteiger partial charge >= 0.3 is 5.97 Å². The third kappa shape index (κ3) is 3.86. The molecule has 17 heavy (non-hydrogen) atoms. The van der Waals surface area contributed by atoms with E-state index in [9.17, 15) is 9.59 Å². The summed E-state index contributed by atoms with van der Waals surface area (Å²) in [6.07, 6.45) is 3.89. The van der Waals surface area contributed by atoms with Crippen LogP contribution in [0, 0.1) is 0 Å². The molecule has 1 aromatic rings. The predicted molar refractivity (Wildman–Crippen MR) is 62.4 cm³/mol. The smallest absolute Gasteiger partial charge is 0.325 e. The van der Waals surface area contributed by atoms with Crippen LogP contribution in [0.1, 0.15) is 23.7 Å². The summed E-state index contributed by atoms with van der Waals surface area (Å²) in [5.74, 6) is -0.597. The molecule has 92 valence electrons. The average Bonchev–Trinajstić information content (AvgIpc) is 2.38. The van der Waals surface area contributed by atoms with Gasteiger partial charge in [-0.15, -0.1) is 0 Å². The maximum absolute atomic E-state index is 12.1. The molecule has 0 atom stereocenters. The number of aromatic nitrogens is 1. The molecule has 5 heteroatoms. The molecule has 0 aromatic carbocycles. The topological polar surface area (TPSA) is 59.5 Å². The zero-order valence-corrected chi connectivity index (χ0v) is 10.0. The molecule has 0 unspecified atom stereocenters. The third-order valence-corrected chi connectivity index (χ3v) is 2.26.